The number of rotatable bonds is 6. The standard InChI is InChI=1S/C22H26FN3O2/c1-16-9-10-21(28-16)22-17(13-25(2)15-20-8-3-4-11-27-20)14-26(24-22)19-7-5-6-18(23)12-19/h5-7,9-10,12,14,20H,3-4,8,11,13,15H2,1-2H3/t20-/m0/s1. The van der Waals surface area contributed by atoms with Crippen molar-refractivity contribution in [3.05, 3.63) is 59.7 Å². The molecule has 1 aliphatic rings. The fourth-order valence-corrected chi connectivity index (χ4v) is 3.70. The van der Waals surface area contributed by atoms with E-state index in [0.717, 1.165) is 48.8 Å². The van der Waals surface area contributed by atoms with Crippen LogP contribution >= 0.6 is 0 Å². The molecule has 28 heavy (non-hydrogen) atoms. The van der Waals surface area contributed by atoms with Gasteiger partial charge in [-0.15, -0.1) is 0 Å². The van der Waals surface area contributed by atoms with Gasteiger partial charge in [0, 0.05) is 31.5 Å². The van der Waals surface area contributed by atoms with E-state index in [1.165, 1.54) is 18.6 Å². The maximum atomic E-state index is 13.7. The molecule has 4 rings (SSSR count). The highest BCUT2D eigenvalue weighted by molar-refractivity contribution is 5.57. The van der Waals surface area contributed by atoms with Crippen molar-refractivity contribution < 1.29 is 13.5 Å². The molecule has 5 nitrogen and oxygen atoms in total. The molecule has 0 amide bonds. The highest BCUT2D eigenvalue weighted by Crippen LogP contribution is 2.27. The van der Waals surface area contributed by atoms with Crippen molar-refractivity contribution >= 4 is 0 Å². The van der Waals surface area contributed by atoms with Crippen LogP contribution in [0.15, 0.2) is 47.0 Å². The number of aryl methyl sites for hydroxylation is 1. The normalized spacial score (nSPS) is 17.4. The molecule has 1 aromatic carbocycles. The lowest BCUT2D eigenvalue weighted by Crippen LogP contribution is -2.33. The van der Waals surface area contributed by atoms with Gasteiger partial charge in [-0.25, -0.2) is 9.07 Å². The Labute approximate surface area is 164 Å². The van der Waals surface area contributed by atoms with E-state index < -0.39 is 0 Å². The van der Waals surface area contributed by atoms with Crippen molar-refractivity contribution in [2.24, 2.45) is 0 Å². The molecule has 1 atom stereocenters. The zero-order valence-corrected chi connectivity index (χ0v) is 16.4. The van der Waals surface area contributed by atoms with Crippen molar-refractivity contribution in [2.75, 3.05) is 20.2 Å². The Balaban J connectivity index is 1.60. The first-order chi connectivity index (χ1) is 13.6. The van der Waals surface area contributed by atoms with Crippen LogP contribution in [0.3, 0.4) is 0 Å². The molecule has 0 saturated carbocycles. The van der Waals surface area contributed by atoms with Crippen LogP contribution in [0.1, 0.15) is 30.6 Å². The van der Waals surface area contributed by atoms with E-state index in [1.807, 2.05) is 31.3 Å². The van der Waals surface area contributed by atoms with Gasteiger partial charge in [0.15, 0.2) is 5.76 Å². The van der Waals surface area contributed by atoms with Crippen molar-refractivity contribution in [3.8, 4) is 17.1 Å². The van der Waals surface area contributed by atoms with Gasteiger partial charge in [-0.1, -0.05) is 6.07 Å². The zero-order valence-electron chi connectivity index (χ0n) is 16.4. The zero-order chi connectivity index (χ0) is 19.5. The Morgan fingerprint density at radius 2 is 2.14 bits per heavy atom. The molecule has 2 aromatic heterocycles. The maximum absolute atomic E-state index is 13.7. The molecule has 0 spiro atoms. The third kappa shape index (κ3) is 4.34. The van der Waals surface area contributed by atoms with E-state index in [2.05, 4.69) is 11.9 Å². The van der Waals surface area contributed by atoms with Crippen LogP contribution in [0, 0.1) is 12.7 Å². The molecule has 3 heterocycles. The van der Waals surface area contributed by atoms with Crippen LogP contribution in [0.25, 0.3) is 17.1 Å². The summed E-state index contributed by atoms with van der Waals surface area (Å²) in [5.41, 5.74) is 2.51. The van der Waals surface area contributed by atoms with Crippen molar-refractivity contribution in [1.29, 1.82) is 0 Å². The molecular formula is C22H26FN3O2. The fourth-order valence-electron chi connectivity index (χ4n) is 3.70. The number of furan rings is 1. The van der Waals surface area contributed by atoms with Gasteiger partial charge in [0.1, 0.15) is 17.3 Å². The molecule has 0 bridgehead atoms. The molecule has 3 aromatic rings. The summed E-state index contributed by atoms with van der Waals surface area (Å²) in [6, 6.07) is 10.3. The third-order valence-electron chi connectivity index (χ3n) is 5.07. The summed E-state index contributed by atoms with van der Waals surface area (Å²) in [5.74, 6) is 1.28. The average Bonchev–Trinajstić information content (AvgIpc) is 3.29. The van der Waals surface area contributed by atoms with Crippen LogP contribution < -0.4 is 0 Å². The fraction of sp³-hybridized carbons (Fsp3) is 0.409. The Bertz CT molecular complexity index is 928. The highest BCUT2D eigenvalue weighted by atomic mass is 19.1. The highest BCUT2D eigenvalue weighted by Gasteiger charge is 2.20. The van der Waals surface area contributed by atoms with E-state index in [-0.39, 0.29) is 11.9 Å². The van der Waals surface area contributed by atoms with Crippen LogP contribution in [0.2, 0.25) is 0 Å². The Morgan fingerprint density at radius 3 is 2.86 bits per heavy atom. The van der Waals surface area contributed by atoms with Gasteiger partial charge in [0.05, 0.1) is 11.8 Å². The summed E-state index contributed by atoms with van der Waals surface area (Å²) in [5, 5.41) is 4.70. The first-order valence-corrected chi connectivity index (χ1v) is 9.80. The molecular weight excluding hydrogens is 357 g/mol. The quantitative estimate of drug-likeness (QED) is 0.625. The van der Waals surface area contributed by atoms with Crippen LogP contribution in [0.4, 0.5) is 4.39 Å². The summed E-state index contributed by atoms with van der Waals surface area (Å²) in [6.07, 6.45) is 5.73. The summed E-state index contributed by atoms with van der Waals surface area (Å²) < 4.78 is 27.1. The minimum Gasteiger partial charge on any atom is -0.460 e. The van der Waals surface area contributed by atoms with E-state index in [9.17, 15) is 4.39 Å². The second-order valence-electron chi connectivity index (χ2n) is 7.52. The number of aromatic nitrogens is 2. The summed E-state index contributed by atoms with van der Waals surface area (Å²) in [4.78, 5) is 2.25. The molecule has 1 saturated heterocycles. The predicted octanol–water partition coefficient (Wildman–Crippen LogP) is 4.58. The number of halogens is 1. The Hall–Kier alpha value is -2.44. The van der Waals surface area contributed by atoms with Crippen molar-refractivity contribution in [2.45, 2.75) is 38.8 Å². The number of hydrogen-bond acceptors (Lipinski definition) is 4. The number of hydrogen-bond donors (Lipinski definition) is 0. The van der Waals surface area contributed by atoms with Gasteiger partial charge in [0.25, 0.3) is 0 Å². The lowest BCUT2D eigenvalue weighted by molar-refractivity contribution is -0.00257. The van der Waals surface area contributed by atoms with E-state index in [4.69, 9.17) is 14.3 Å². The molecule has 148 valence electrons. The van der Waals surface area contributed by atoms with Crippen LogP contribution in [-0.2, 0) is 11.3 Å². The molecule has 1 fully saturated rings. The minimum atomic E-state index is -0.281. The first kappa shape index (κ1) is 18.9. The molecule has 0 aliphatic carbocycles. The lowest BCUT2D eigenvalue weighted by Gasteiger charge is -2.27. The van der Waals surface area contributed by atoms with E-state index in [1.54, 1.807) is 10.7 Å². The minimum absolute atomic E-state index is 0.281. The third-order valence-corrected chi connectivity index (χ3v) is 5.07. The lowest BCUT2D eigenvalue weighted by atomic mass is 10.1. The molecule has 0 radical (unpaired) electrons. The van der Waals surface area contributed by atoms with Crippen LogP contribution in [0.5, 0.6) is 0 Å². The number of likely N-dealkylation sites (N-methyl/N-ethyl adjacent to an activating group) is 1. The summed E-state index contributed by atoms with van der Waals surface area (Å²) >= 11 is 0. The van der Waals surface area contributed by atoms with Crippen molar-refractivity contribution in [3.63, 3.8) is 0 Å². The number of ether oxygens (including phenoxy) is 1. The van der Waals surface area contributed by atoms with Gasteiger partial charge in [-0.3, -0.25) is 4.90 Å². The molecule has 1 aliphatic heterocycles. The van der Waals surface area contributed by atoms with Gasteiger partial charge < -0.3 is 9.15 Å². The topological polar surface area (TPSA) is 43.4 Å². The second-order valence-corrected chi connectivity index (χ2v) is 7.52. The Kier molecular flexibility index (Phi) is 5.59. The number of nitrogens with zero attached hydrogens (tertiary/aromatic N) is 3. The summed E-state index contributed by atoms with van der Waals surface area (Å²) in [6.45, 7) is 4.36. The van der Waals surface area contributed by atoms with Gasteiger partial charge >= 0.3 is 0 Å². The Morgan fingerprint density at radius 1 is 1.25 bits per heavy atom. The molecule has 6 heteroatoms. The van der Waals surface area contributed by atoms with Gasteiger partial charge in [-0.05, 0) is 63.6 Å². The average molecular weight is 383 g/mol. The predicted molar refractivity (Wildman–Crippen MR) is 106 cm³/mol. The SMILES string of the molecule is Cc1ccc(-c2nn(-c3cccc(F)c3)cc2CN(C)C[C@@H]2CCCCO2)o1. The maximum Gasteiger partial charge on any atom is 0.154 e. The smallest absolute Gasteiger partial charge is 0.154 e. The second kappa shape index (κ2) is 8.29. The molecule has 0 unspecified atom stereocenters. The van der Waals surface area contributed by atoms with Crippen LogP contribution in [-0.4, -0.2) is 41.0 Å². The van der Waals surface area contributed by atoms with Crippen molar-refractivity contribution in [1.82, 2.24) is 14.7 Å². The van der Waals surface area contributed by atoms with E-state index in [0.29, 0.717) is 12.2 Å². The largest absolute Gasteiger partial charge is 0.460 e. The monoisotopic (exact) mass is 383 g/mol. The molecule has 0 N–H and O–H groups in total. The number of benzene rings is 1. The van der Waals surface area contributed by atoms with Gasteiger partial charge in [-0.2, -0.15) is 5.10 Å². The first-order valence-electron chi connectivity index (χ1n) is 9.80. The van der Waals surface area contributed by atoms with E-state index >= 15 is 0 Å². The summed E-state index contributed by atoms with van der Waals surface area (Å²) in [7, 11) is 2.09. The van der Waals surface area contributed by atoms with Gasteiger partial charge in [0.2, 0.25) is 0 Å².